The number of hydrogen-bond acceptors (Lipinski definition) is 2. The van der Waals surface area contributed by atoms with Gasteiger partial charge in [-0.1, -0.05) is 29.3 Å². The van der Waals surface area contributed by atoms with Crippen molar-refractivity contribution >= 4 is 33.1 Å². The van der Waals surface area contributed by atoms with Gasteiger partial charge in [0.25, 0.3) is 0 Å². The van der Waals surface area contributed by atoms with Crippen LogP contribution in [0.4, 0.5) is 0 Å². The van der Waals surface area contributed by atoms with E-state index in [2.05, 4.69) is 4.90 Å². The summed E-state index contributed by atoms with van der Waals surface area (Å²) in [5, 5.41) is 1.42. The maximum absolute atomic E-state index is 11.9. The van der Waals surface area contributed by atoms with Gasteiger partial charge in [0.15, 0.2) is 0 Å². The van der Waals surface area contributed by atoms with Crippen molar-refractivity contribution in [3.05, 3.63) is 33.8 Å². The highest BCUT2D eigenvalue weighted by molar-refractivity contribution is 8.02. The molecule has 2 nitrogen and oxygen atoms in total. The lowest BCUT2D eigenvalue weighted by molar-refractivity contribution is 0.290. The van der Waals surface area contributed by atoms with Gasteiger partial charge in [-0.15, -0.1) is 9.93 Å². The van der Waals surface area contributed by atoms with Crippen molar-refractivity contribution in [2.75, 3.05) is 30.9 Å². The van der Waals surface area contributed by atoms with Gasteiger partial charge in [-0.05, 0) is 18.4 Å². The second-order valence-corrected chi connectivity index (χ2v) is 9.02. The van der Waals surface area contributed by atoms with Crippen LogP contribution in [-0.2, 0) is 16.5 Å². The lowest BCUT2D eigenvalue weighted by Crippen LogP contribution is -2.42. The normalized spacial score (nSPS) is 22.3. The molecule has 1 aromatic carbocycles. The van der Waals surface area contributed by atoms with Crippen molar-refractivity contribution < 1.29 is 4.21 Å². The zero-order valence-corrected chi connectivity index (χ0v) is 12.2. The van der Waals surface area contributed by atoms with E-state index in [-0.39, 0.29) is 0 Å². The summed E-state index contributed by atoms with van der Waals surface area (Å²) in [6, 6.07) is 5.57. The van der Waals surface area contributed by atoms with Crippen molar-refractivity contribution in [3.8, 4) is 0 Å². The highest BCUT2D eigenvalue weighted by atomic mass is 35.5. The van der Waals surface area contributed by atoms with Crippen molar-refractivity contribution in [2.45, 2.75) is 6.54 Å². The van der Waals surface area contributed by atoms with Crippen LogP contribution in [0.3, 0.4) is 0 Å². The molecule has 0 spiro atoms. The first-order valence-electron chi connectivity index (χ1n) is 5.69. The van der Waals surface area contributed by atoms with E-state index in [1.165, 1.54) is 0 Å². The summed E-state index contributed by atoms with van der Waals surface area (Å²) in [5.41, 5.74) is 0.976. The lowest BCUT2D eigenvalue weighted by Gasteiger charge is -2.33. The van der Waals surface area contributed by atoms with Crippen LogP contribution in [-0.4, -0.2) is 40.0 Å². The van der Waals surface area contributed by atoms with Crippen LogP contribution < -0.4 is 0 Å². The average Bonchev–Trinajstić information content (AvgIpc) is 2.26. The van der Waals surface area contributed by atoms with Gasteiger partial charge >= 0.3 is 0 Å². The first-order chi connectivity index (χ1) is 7.98. The predicted octanol–water partition coefficient (Wildman–Crippen LogP) is 2.46. The number of halogens is 2. The number of nitrogens with zero attached hydrogens (tertiary/aromatic N) is 1. The molecule has 1 fully saturated rings. The highest BCUT2D eigenvalue weighted by Gasteiger charge is 2.21. The summed E-state index contributed by atoms with van der Waals surface area (Å²) in [5.74, 6) is 1.60. The molecule has 1 aliphatic heterocycles. The van der Waals surface area contributed by atoms with Gasteiger partial charge in [0.2, 0.25) is 0 Å². The minimum atomic E-state index is -1.86. The van der Waals surface area contributed by atoms with E-state index in [9.17, 15) is 4.21 Å². The second-order valence-electron chi connectivity index (χ2n) is 4.72. The molecule has 5 heteroatoms. The Bertz CT molecular complexity index is 432. The average molecular weight is 294 g/mol. The van der Waals surface area contributed by atoms with Crippen molar-refractivity contribution in [1.29, 1.82) is 0 Å². The molecular formula is C12H17Cl2NOS. The first kappa shape index (κ1) is 13.3. The molecular weight excluding hydrogens is 277 g/mol. The molecule has 1 aromatic rings. The number of benzene rings is 1. The van der Waals surface area contributed by atoms with Gasteiger partial charge in [0.05, 0.1) is 0 Å². The van der Waals surface area contributed by atoms with Gasteiger partial charge in [-0.3, -0.25) is 9.11 Å². The third-order valence-electron chi connectivity index (χ3n) is 3.22. The Kier molecular flexibility index (Phi) is 4.14. The molecule has 0 amide bonds. The second kappa shape index (κ2) is 5.27. The SMILES string of the molecule is C[SH]1(=O)CCN(Cc2c(Cl)cccc2Cl)CC1. The molecule has 1 aliphatic rings. The van der Waals surface area contributed by atoms with Crippen LogP contribution in [0.2, 0.25) is 10.0 Å². The smallest absolute Gasteiger partial charge is 0.0465 e. The minimum Gasteiger partial charge on any atom is -0.297 e. The summed E-state index contributed by atoms with van der Waals surface area (Å²) in [6.07, 6.45) is 1.90. The Morgan fingerprint density at radius 1 is 1.24 bits per heavy atom. The molecule has 17 heavy (non-hydrogen) atoms. The Morgan fingerprint density at radius 3 is 2.29 bits per heavy atom. The Morgan fingerprint density at radius 2 is 1.76 bits per heavy atom. The topological polar surface area (TPSA) is 20.3 Å². The number of rotatable bonds is 2. The van der Waals surface area contributed by atoms with Gasteiger partial charge in [-0.2, -0.15) is 0 Å². The van der Waals surface area contributed by atoms with Crippen LogP contribution in [0.5, 0.6) is 0 Å². The largest absolute Gasteiger partial charge is 0.297 e. The summed E-state index contributed by atoms with van der Waals surface area (Å²) in [7, 11) is -1.86. The van der Waals surface area contributed by atoms with E-state index in [4.69, 9.17) is 23.2 Å². The zero-order chi connectivity index (χ0) is 12.5. The van der Waals surface area contributed by atoms with Gasteiger partial charge < -0.3 is 0 Å². The van der Waals surface area contributed by atoms with Crippen molar-refractivity contribution in [2.24, 2.45) is 0 Å². The maximum Gasteiger partial charge on any atom is 0.0465 e. The molecule has 0 N–H and O–H groups in total. The van der Waals surface area contributed by atoms with Crippen molar-refractivity contribution in [1.82, 2.24) is 4.90 Å². The summed E-state index contributed by atoms with van der Waals surface area (Å²) < 4.78 is 11.9. The van der Waals surface area contributed by atoms with Crippen LogP contribution in [0.25, 0.3) is 0 Å². The standard InChI is InChI=1S/C12H17Cl2NOS/c1-17(16)7-5-15(6-8-17)9-10-11(13)3-2-4-12(10)14/h2-4,17H,5-9H2,1H3. The number of hydrogen-bond donors (Lipinski definition) is 1. The quantitative estimate of drug-likeness (QED) is 0.846. The molecule has 0 aliphatic carbocycles. The molecule has 1 heterocycles. The van der Waals surface area contributed by atoms with E-state index < -0.39 is 9.93 Å². The third kappa shape index (κ3) is 3.44. The first-order valence-corrected chi connectivity index (χ1v) is 8.97. The summed E-state index contributed by atoms with van der Waals surface area (Å²) in [6.45, 7) is 2.49. The maximum atomic E-state index is 11.9. The minimum absolute atomic E-state index is 0.711. The number of thiol groups is 1. The van der Waals surface area contributed by atoms with E-state index >= 15 is 0 Å². The molecule has 0 aromatic heterocycles. The fourth-order valence-electron chi connectivity index (χ4n) is 1.99. The molecule has 0 radical (unpaired) electrons. The fourth-order valence-corrected chi connectivity index (χ4v) is 4.15. The highest BCUT2D eigenvalue weighted by Crippen LogP contribution is 2.26. The fraction of sp³-hybridized carbons (Fsp3) is 0.500. The molecule has 0 saturated carbocycles. The lowest BCUT2D eigenvalue weighted by atomic mass is 10.2. The van der Waals surface area contributed by atoms with Crippen molar-refractivity contribution in [3.63, 3.8) is 0 Å². The third-order valence-corrected chi connectivity index (χ3v) is 6.22. The summed E-state index contributed by atoms with van der Waals surface area (Å²) in [4.78, 5) is 2.27. The van der Waals surface area contributed by atoms with E-state index in [1.807, 2.05) is 24.5 Å². The van der Waals surface area contributed by atoms with Gasteiger partial charge in [-0.25, -0.2) is 0 Å². The Balaban J connectivity index is 2.05. The molecule has 0 atom stereocenters. The van der Waals surface area contributed by atoms with Crippen LogP contribution in [0.15, 0.2) is 18.2 Å². The molecule has 0 bridgehead atoms. The van der Waals surface area contributed by atoms with Crippen LogP contribution in [0, 0.1) is 0 Å². The monoisotopic (exact) mass is 293 g/mol. The van der Waals surface area contributed by atoms with E-state index in [0.717, 1.165) is 36.7 Å². The van der Waals surface area contributed by atoms with Crippen LogP contribution in [0.1, 0.15) is 5.56 Å². The summed E-state index contributed by atoms with van der Waals surface area (Å²) >= 11 is 12.3. The zero-order valence-electron chi connectivity index (χ0n) is 9.83. The Labute approximate surface area is 113 Å². The van der Waals surface area contributed by atoms with Gasteiger partial charge in [0.1, 0.15) is 0 Å². The van der Waals surface area contributed by atoms with E-state index in [1.54, 1.807) is 0 Å². The molecule has 0 unspecified atom stereocenters. The van der Waals surface area contributed by atoms with E-state index in [0.29, 0.717) is 10.0 Å². The molecule has 1 saturated heterocycles. The van der Waals surface area contributed by atoms with Crippen LogP contribution >= 0.6 is 23.2 Å². The Hall–Kier alpha value is -0.0900. The van der Waals surface area contributed by atoms with Gasteiger partial charge in [0, 0.05) is 46.7 Å². The molecule has 96 valence electrons. The predicted molar refractivity (Wildman–Crippen MR) is 76.9 cm³/mol. The molecule has 2 rings (SSSR count).